The molecule has 0 spiro atoms. The van der Waals surface area contributed by atoms with E-state index < -0.39 is 34.7 Å². The van der Waals surface area contributed by atoms with Crippen molar-refractivity contribution in [1.82, 2.24) is 4.98 Å². The van der Waals surface area contributed by atoms with Crippen molar-refractivity contribution in [3.05, 3.63) is 47.4 Å². The van der Waals surface area contributed by atoms with Gasteiger partial charge in [0, 0.05) is 18.6 Å². The van der Waals surface area contributed by atoms with Crippen LogP contribution in [-0.2, 0) is 9.47 Å². The van der Waals surface area contributed by atoms with Gasteiger partial charge in [0.15, 0.2) is 0 Å². The van der Waals surface area contributed by atoms with Crippen LogP contribution in [0.25, 0.3) is 11.3 Å². The minimum Gasteiger partial charge on any atom is -0.488 e. The number of hydrogen-bond acceptors (Lipinski definition) is 5. The lowest BCUT2D eigenvalue weighted by atomic mass is 10.1. The molecular formula is C17H14F3NO4. The van der Waals surface area contributed by atoms with Crippen molar-refractivity contribution in [2.24, 2.45) is 0 Å². The molecule has 1 aromatic heterocycles. The molecule has 25 heavy (non-hydrogen) atoms. The van der Waals surface area contributed by atoms with Crippen LogP contribution in [0.15, 0.2) is 24.3 Å². The van der Waals surface area contributed by atoms with Gasteiger partial charge in [0.25, 0.3) is 0 Å². The molecule has 0 saturated carbocycles. The third kappa shape index (κ3) is 3.58. The molecular weight excluding hydrogens is 339 g/mol. The van der Waals surface area contributed by atoms with Gasteiger partial charge >= 0.3 is 5.97 Å². The highest BCUT2D eigenvalue weighted by atomic mass is 19.1. The fourth-order valence-electron chi connectivity index (χ4n) is 2.48. The lowest BCUT2D eigenvalue weighted by Gasteiger charge is -2.14. The summed E-state index contributed by atoms with van der Waals surface area (Å²) in [7, 11) is 1.12. The molecule has 132 valence electrons. The molecule has 1 unspecified atom stereocenters. The molecule has 0 aliphatic carbocycles. The van der Waals surface area contributed by atoms with E-state index in [9.17, 15) is 18.0 Å². The second kappa shape index (κ2) is 7.10. The molecule has 1 aliphatic rings. The largest absolute Gasteiger partial charge is 0.488 e. The lowest BCUT2D eigenvalue weighted by Crippen LogP contribution is -2.16. The number of carbonyl (C=O) groups excluding carboxylic acids is 1. The molecule has 0 radical (unpaired) electrons. The van der Waals surface area contributed by atoms with Crippen LogP contribution >= 0.6 is 0 Å². The van der Waals surface area contributed by atoms with Gasteiger partial charge in [0.05, 0.1) is 25.9 Å². The predicted molar refractivity (Wildman–Crippen MR) is 80.7 cm³/mol. The van der Waals surface area contributed by atoms with Crippen LogP contribution in [0.1, 0.15) is 16.9 Å². The fourth-order valence-corrected chi connectivity index (χ4v) is 2.48. The van der Waals surface area contributed by atoms with Gasteiger partial charge in [-0.25, -0.2) is 22.9 Å². The summed E-state index contributed by atoms with van der Waals surface area (Å²) >= 11 is 0. The highest BCUT2D eigenvalue weighted by Gasteiger charge is 2.23. The summed E-state index contributed by atoms with van der Waals surface area (Å²) in [4.78, 5) is 15.2. The Bertz CT molecular complexity index is 783. The van der Waals surface area contributed by atoms with Gasteiger partial charge in [-0.3, -0.25) is 0 Å². The van der Waals surface area contributed by atoms with Crippen LogP contribution in [0.3, 0.4) is 0 Å². The SMILES string of the molecule is COC(=O)c1ccc(F)c(-c2c(F)cc(OC3CCOC3)cc2F)n1. The highest BCUT2D eigenvalue weighted by molar-refractivity contribution is 5.87. The molecule has 1 saturated heterocycles. The average Bonchev–Trinajstić information content (AvgIpc) is 3.08. The Hall–Kier alpha value is -2.61. The van der Waals surface area contributed by atoms with E-state index in [-0.39, 0.29) is 17.5 Å². The molecule has 1 fully saturated rings. The van der Waals surface area contributed by atoms with Gasteiger partial charge < -0.3 is 14.2 Å². The van der Waals surface area contributed by atoms with Gasteiger partial charge in [0.2, 0.25) is 0 Å². The first kappa shape index (κ1) is 17.2. The number of aromatic nitrogens is 1. The summed E-state index contributed by atoms with van der Waals surface area (Å²) in [6.07, 6.45) is 0.324. The summed E-state index contributed by atoms with van der Waals surface area (Å²) < 4.78 is 57.8. The maximum absolute atomic E-state index is 14.4. The molecule has 0 N–H and O–H groups in total. The molecule has 1 aliphatic heterocycles. The number of rotatable bonds is 4. The van der Waals surface area contributed by atoms with Crippen molar-refractivity contribution in [3.63, 3.8) is 0 Å². The minimum atomic E-state index is -1.05. The number of methoxy groups -OCH3 is 1. The van der Waals surface area contributed by atoms with Crippen molar-refractivity contribution in [2.75, 3.05) is 20.3 Å². The van der Waals surface area contributed by atoms with Crippen molar-refractivity contribution in [3.8, 4) is 17.0 Å². The Labute approximate surface area is 141 Å². The molecule has 0 bridgehead atoms. The number of benzene rings is 1. The number of ether oxygens (including phenoxy) is 3. The predicted octanol–water partition coefficient (Wildman–Crippen LogP) is 3.12. The quantitative estimate of drug-likeness (QED) is 0.791. The Morgan fingerprint density at radius 1 is 1.20 bits per heavy atom. The van der Waals surface area contributed by atoms with E-state index in [2.05, 4.69) is 9.72 Å². The van der Waals surface area contributed by atoms with Crippen LogP contribution in [0.5, 0.6) is 5.75 Å². The first-order chi connectivity index (χ1) is 12.0. The summed E-state index contributed by atoms with van der Waals surface area (Å²) in [5.74, 6) is -3.95. The Morgan fingerprint density at radius 2 is 1.92 bits per heavy atom. The normalized spacial score (nSPS) is 16.7. The van der Waals surface area contributed by atoms with E-state index in [1.165, 1.54) is 0 Å². The summed E-state index contributed by atoms with van der Waals surface area (Å²) in [5.41, 5.74) is -1.56. The van der Waals surface area contributed by atoms with E-state index in [1.807, 2.05) is 0 Å². The van der Waals surface area contributed by atoms with Gasteiger partial charge in [-0.2, -0.15) is 0 Å². The number of nitrogens with zero attached hydrogens (tertiary/aromatic N) is 1. The van der Waals surface area contributed by atoms with E-state index in [0.29, 0.717) is 19.6 Å². The first-order valence-electron chi connectivity index (χ1n) is 7.48. The van der Waals surface area contributed by atoms with E-state index in [1.54, 1.807) is 0 Å². The third-order valence-electron chi connectivity index (χ3n) is 3.68. The minimum absolute atomic E-state index is 0.0289. The van der Waals surface area contributed by atoms with E-state index in [4.69, 9.17) is 9.47 Å². The summed E-state index contributed by atoms with van der Waals surface area (Å²) in [6.45, 7) is 0.853. The maximum atomic E-state index is 14.4. The fraction of sp³-hybridized carbons (Fsp3) is 0.294. The van der Waals surface area contributed by atoms with E-state index in [0.717, 1.165) is 31.4 Å². The van der Waals surface area contributed by atoms with Crippen LogP contribution in [0.2, 0.25) is 0 Å². The van der Waals surface area contributed by atoms with Gasteiger partial charge in [-0.05, 0) is 12.1 Å². The van der Waals surface area contributed by atoms with Crippen LogP contribution in [0.4, 0.5) is 13.2 Å². The molecule has 3 rings (SSSR count). The summed E-state index contributed by atoms with van der Waals surface area (Å²) in [6, 6.07) is 3.86. The molecule has 8 heteroatoms. The Morgan fingerprint density at radius 3 is 2.52 bits per heavy atom. The zero-order valence-electron chi connectivity index (χ0n) is 13.2. The van der Waals surface area contributed by atoms with Crippen LogP contribution < -0.4 is 4.74 Å². The maximum Gasteiger partial charge on any atom is 0.356 e. The number of pyridine rings is 1. The monoisotopic (exact) mass is 353 g/mol. The lowest BCUT2D eigenvalue weighted by molar-refractivity contribution is 0.0594. The Kier molecular flexibility index (Phi) is 4.89. The van der Waals surface area contributed by atoms with Crippen molar-refractivity contribution >= 4 is 5.97 Å². The van der Waals surface area contributed by atoms with Crippen molar-refractivity contribution in [1.29, 1.82) is 0 Å². The molecule has 2 aromatic rings. The molecule has 2 heterocycles. The van der Waals surface area contributed by atoms with E-state index >= 15 is 0 Å². The number of halogens is 3. The summed E-state index contributed by atoms with van der Waals surface area (Å²) in [5, 5.41) is 0. The number of carbonyl (C=O) groups is 1. The highest BCUT2D eigenvalue weighted by Crippen LogP contribution is 2.31. The molecule has 0 amide bonds. The first-order valence-corrected chi connectivity index (χ1v) is 7.48. The topological polar surface area (TPSA) is 57.7 Å². The van der Waals surface area contributed by atoms with Crippen molar-refractivity contribution < 1.29 is 32.2 Å². The van der Waals surface area contributed by atoms with Gasteiger partial charge in [-0.15, -0.1) is 0 Å². The van der Waals surface area contributed by atoms with Crippen molar-refractivity contribution in [2.45, 2.75) is 12.5 Å². The van der Waals surface area contributed by atoms with Gasteiger partial charge in [-0.1, -0.05) is 0 Å². The smallest absolute Gasteiger partial charge is 0.356 e. The van der Waals surface area contributed by atoms with Crippen LogP contribution in [-0.4, -0.2) is 37.4 Å². The molecule has 1 aromatic carbocycles. The zero-order valence-corrected chi connectivity index (χ0v) is 13.2. The molecule has 1 atom stereocenters. The van der Waals surface area contributed by atoms with Crippen LogP contribution in [0, 0.1) is 17.5 Å². The second-order valence-electron chi connectivity index (χ2n) is 5.38. The average molecular weight is 353 g/mol. The zero-order chi connectivity index (χ0) is 18.0. The standard InChI is InChI=1S/C17H14F3NO4/c1-23-17(22)14-3-2-11(18)16(21-14)15-12(19)6-10(7-13(15)20)25-9-4-5-24-8-9/h2-3,6-7,9H,4-5,8H2,1H3. The third-order valence-corrected chi connectivity index (χ3v) is 3.68. The van der Waals surface area contributed by atoms with Gasteiger partial charge in [0.1, 0.15) is 40.7 Å². The Balaban J connectivity index is 1.98. The number of esters is 1. The second-order valence-corrected chi connectivity index (χ2v) is 5.38. The molecule has 5 nitrogen and oxygen atoms in total. The number of hydrogen-bond donors (Lipinski definition) is 0.